The number of benzene rings is 3. The summed E-state index contributed by atoms with van der Waals surface area (Å²) in [6.07, 6.45) is 1.89. The van der Waals surface area contributed by atoms with E-state index < -0.39 is 17.7 Å². The number of amides is 1. The standard InChI is InChI=1S/C31H30N2O6S/c1-4-6-16-39-23-15-12-20(17-24(23)38-5-2)27-26(28(34)19-10-8-7-9-11-19)29(35)30(36)33(27)31-32-22-14-13-21(37-3)18-25(22)40-31/h7-15,17-18,27,34H,4-6,16H2,1-3H3. The third kappa shape index (κ3) is 5.12. The van der Waals surface area contributed by atoms with Gasteiger partial charge in [0, 0.05) is 5.56 Å². The van der Waals surface area contributed by atoms with Gasteiger partial charge >= 0.3 is 5.91 Å². The molecule has 0 bridgehead atoms. The van der Waals surface area contributed by atoms with Gasteiger partial charge in [-0.3, -0.25) is 14.5 Å². The Kier molecular flexibility index (Phi) is 8.02. The summed E-state index contributed by atoms with van der Waals surface area (Å²) < 4.78 is 18.0. The highest BCUT2D eigenvalue weighted by atomic mass is 32.1. The number of rotatable bonds is 10. The molecule has 0 aliphatic carbocycles. The zero-order chi connectivity index (χ0) is 28.2. The number of aromatic nitrogens is 1. The van der Waals surface area contributed by atoms with Crippen LogP contribution in [-0.2, 0) is 9.59 Å². The number of methoxy groups -OCH3 is 1. The Bertz CT molecular complexity index is 1580. The van der Waals surface area contributed by atoms with E-state index in [0.29, 0.717) is 52.2 Å². The molecule has 2 heterocycles. The Morgan fingerprint density at radius 3 is 2.52 bits per heavy atom. The average molecular weight is 559 g/mol. The largest absolute Gasteiger partial charge is 0.507 e. The maximum Gasteiger partial charge on any atom is 0.301 e. The third-order valence-electron chi connectivity index (χ3n) is 6.62. The number of aliphatic hydroxyl groups excluding tert-OH is 1. The van der Waals surface area contributed by atoms with E-state index in [0.717, 1.165) is 17.5 Å². The van der Waals surface area contributed by atoms with Crippen LogP contribution in [-0.4, -0.2) is 42.1 Å². The van der Waals surface area contributed by atoms with Gasteiger partial charge in [-0.15, -0.1) is 0 Å². The van der Waals surface area contributed by atoms with Crippen molar-refractivity contribution in [3.8, 4) is 17.2 Å². The van der Waals surface area contributed by atoms with E-state index in [4.69, 9.17) is 14.2 Å². The Morgan fingerprint density at radius 1 is 1.00 bits per heavy atom. The van der Waals surface area contributed by atoms with Crippen LogP contribution in [0.2, 0.25) is 0 Å². The molecular weight excluding hydrogens is 528 g/mol. The highest BCUT2D eigenvalue weighted by Gasteiger charge is 2.48. The SMILES string of the molecule is CCCCOc1ccc(C2C(=C(O)c3ccccc3)C(=O)C(=O)N2c2nc3ccc(OC)cc3s2)cc1OCC. The van der Waals surface area contributed by atoms with Crippen LogP contribution in [0, 0.1) is 0 Å². The monoisotopic (exact) mass is 558 g/mol. The lowest BCUT2D eigenvalue weighted by molar-refractivity contribution is -0.132. The summed E-state index contributed by atoms with van der Waals surface area (Å²) in [4.78, 5) is 33.2. The highest BCUT2D eigenvalue weighted by molar-refractivity contribution is 7.22. The van der Waals surface area contributed by atoms with Gasteiger partial charge in [0.15, 0.2) is 16.6 Å². The lowest BCUT2D eigenvalue weighted by atomic mass is 9.95. The van der Waals surface area contributed by atoms with Crippen molar-refractivity contribution < 1.29 is 28.9 Å². The van der Waals surface area contributed by atoms with Crippen LogP contribution in [0.25, 0.3) is 16.0 Å². The van der Waals surface area contributed by atoms with Gasteiger partial charge in [-0.2, -0.15) is 0 Å². The van der Waals surface area contributed by atoms with Crippen molar-refractivity contribution in [2.45, 2.75) is 32.7 Å². The topological polar surface area (TPSA) is 98.2 Å². The normalized spacial score (nSPS) is 16.5. The Hall–Kier alpha value is -4.37. The zero-order valence-electron chi connectivity index (χ0n) is 22.5. The number of unbranched alkanes of at least 4 members (excludes halogenated alkanes) is 1. The van der Waals surface area contributed by atoms with E-state index in [1.807, 2.05) is 19.1 Å². The molecule has 1 amide bonds. The number of hydrogen-bond donors (Lipinski definition) is 1. The number of nitrogens with zero attached hydrogens (tertiary/aromatic N) is 2. The zero-order valence-corrected chi connectivity index (χ0v) is 23.4. The second kappa shape index (κ2) is 11.8. The van der Waals surface area contributed by atoms with Crippen molar-refractivity contribution in [3.05, 3.63) is 83.4 Å². The van der Waals surface area contributed by atoms with Crippen LogP contribution < -0.4 is 19.1 Å². The number of fused-ring (bicyclic) bond motifs is 1. The van der Waals surface area contributed by atoms with E-state index in [1.54, 1.807) is 61.7 Å². The number of Topliss-reactive ketones (excluding diaryl/α,β-unsaturated/α-hetero) is 1. The Balaban J connectivity index is 1.68. The first-order chi connectivity index (χ1) is 19.5. The quantitative estimate of drug-likeness (QED) is 0.103. The molecule has 1 unspecified atom stereocenters. The highest BCUT2D eigenvalue weighted by Crippen LogP contribution is 2.46. The van der Waals surface area contributed by atoms with E-state index in [2.05, 4.69) is 11.9 Å². The molecule has 1 aliphatic rings. The third-order valence-corrected chi connectivity index (χ3v) is 7.64. The average Bonchev–Trinajstić information content (AvgIpc) is 3.51. The smallest absolute Gasteiger partial charge is 0.301 e. The summed E-state index contributed by atoms with van der Waals surface area (Å²) in [7, 11) is 1.58. The second-order valence-electron chi connectivity index (χ2n) is 9.21. The van der Waals surface area contributed by atoms with Crippen LogP contribution >= 0.6 is 11.3 Å². The molecule has 1 N–H and O–H groups in total. The van der Waals surface area contributed by atoms with Crippen molar-refractivity contribution in [1.82, 2.24) is 4.98 Å². The lowest BCUT2D eigenvalue weighted by Gasteiger charge is -2.24. The van der Waals surface area contributed by atoms with Gasteiger partial charge in [0.05, 0.1) is 42.2 Å². The number of hydrogen-bond acceptors (Lipinski definition) is 8. The van der Waals surface area contributed by atoms with Gasteiger partial charge in [-0.1, -0.05) is 61.1 Å². The van der Waals surface area contributed by atoms with Crippen LogP contribution in [0.4, 0.5) is 5.13 Å². The Morgan fingerprint density at radius 2 is 1.80 bits per heavy atom. The molecule has 5 rings (SSSR count). The molecule has 0 spiro atoms. The number of carbonyl (C=O) groups excluding carboxylic acids is 2. The van der Waals surface area contributed by atoms with Crippen molar-refractivity contribution in [2.24, 2.45) is 0 Å². The van der Waals surface area contributed by atoms with E-state index in [-0.39, 0.29) is 11.3 Å². The molecule has 3 aromatic carbocycles. The summed E-state index contributed by atoms with van der Waals surface area (Å²) in [5.74, 6) is -0.0819. The summed E-state index contributed by atoms with van der Waals surface area (Å²) in [6.45, 7) is 4.90. The van der Waals surface area contributed by atoms with Gasteiger partial charge in [-0.05, 0) is 49.2 Å². The number of aliphatic hydroxyl groups is 1. The van der Waals surface area contributed by atoms with Crippen LogP contribution in [0.1, 0.15) is 43.9 Å². The summed E-state index contributed by atoms with van der Waals surface area (Å²) in [6, 6.07) is 18.6. The molecular formula is C31H30N2O6S. The van der Waals surface area contributed by atoms with E-state index in [1.165, 1.54) is 16.2 Å². The first kappa shape index (κ1) is 27.2. The molecule has 0 saturated carbocycles. The van der Waals surface area contributed by atoms with Gasteiger partial charge in [0.2, 0.25) is 0 Å². The molecule has 1 fully saturated rings. The minimum atomic E-state index is -0.938. The number of thiazole rings is 1. The molecule has 40 heavy (non-hydrogen) atoms. The summed E-state index contributed by atoms with van der Waals surface area (Å²) >= 11 is 1.27. The van der Waals surface area contributed by atoms with E-state index in [9.17, 15) is 14.7 Å². The summed E-state index contributed by atoms with van der Waals surface area (Å²) in [5.41, 5.74) is 1.67. The number of ether oxygens (including phenoxy) is 3. The molecule has 206 valence electrons. The van der Waals surface area contributed by atoms with Gasteiger partial charge in [0.1, 0.15) is 11.5 Å². The number of carbonyl (C=O) groups is 2. The Labute approximate surface area is 236 Å². The lowest BCUT2D eigenvalue weighted by Crippen LogP contribution is -2.29. The molecule has 1 aromatic heterocycles. The second-order valence-corrected chi connectivity index (χ2v) is 10.2. The molecule has 1 atom stereocenters. The van der Waals surface area contributed by atoms with Gasteiger partial charge in [-0.25, -0.2) is 4.98 Å². The minimum Gasteiger partial charge on any atom is -0.507 e. The molecule has 1 aliphatic heterocycles. The van der Waals surface area contributed by atoms with Crippen molar-refractivity contribution in [2.75, 3.05) is 25.2 Å². The predicted molar refractivity (Wildman–Crippen MR) is 155 cm³/mol. The molecule has 8 nitrogen and oxygen atoms in total. The van der Waals surface area contributed by atoms with Crippen LogP contribution in [0.15, 0.2) is 72.3 Å². The van der Waals surface area contributed by atoms with Crippen LogP contribution in [0.5, 0.6) is 17.2 Å². The summed E-state index contributed by atoms with van der Waals surface area (Å²) in [5, 5.41) is 11.7. The van der Waals surface area contributed by atoms with Crippen LogP contribution in [0.3, 0.4) is 0 Å². The fourth-order valence-corrected chi connectivity index (χ4v) is 5.65. The molecule has 4 aromatic rings. The predicted octanol–water partition coefficient (Wildman–Crippen LogP) is 6.51. The fraction of sp³-hybridized carbons (Fsp3) is 0.258. The van der Waals surface area contributed by atoms with Gasteiger partial charge < -0.3 is 19.3 Å². The molecule has 0 radical (unpaired) electrons. The molecule has 1 saturated heterocycles. The van der Waals surface area contributed by atoms with Crippen molar-refractivity contribution in [3.63, 3.8) is 0 Å². The first-order valence-electron chi connectivity index (χ1n) is 13.2. The molecule has 9 heteroatoms. The number of ketones is 1. The maximum absolute atomic E-state index is 13.6. The maximum atomic E-state index is 13.6. The van der Waals surface area contributed by atoms with Crippen molar-refractivity contribution in [1.29, 1.82) is 0 Å². The first-order valence-corrected chi connectivity index (χ1v) is 14.0. The number of anilines is 1. The van der Waals surface area contributed by atoms with Crippen molar-refractivity contribution >= 4 is 44.1 Å². The van der Waals surface area contributed by atoms with Gasteiger partial charge in [0.25, 0.3) is 5.78 Å². The fourth-order valence-electron chi connectivity index (χ4n) is 4.63. The minimum absolute atomic E-state index is 0.0184. The van der Waals surface area contributed by atoms with E-state index >= 15 is 0 Å².